The fraction of sp³-hybridized carbons (Fsp3) is 0.500. The fourth-order valence-corrected chi connectivity index (χ4v) is 2.69. The Bertz CT molecular complexity index is 583. The molecule has 5 heteroatoms. The van der Waals surface area contributed by atoms with E-state index in [1.54, 1.807) is 13.0 Å². The molecule has 1 aliphatic rings. The quantitative estimate of drug-likeness (QED) is 0.483. The van der Waals surface area contributed by atoms with E-state index in [1.807, 2.05) is 35.2 Å². The van der Waals surface area contributed by atoms with Crippen LogP contribution >= 0.6 is 0 Å². The largest absolute Gasteiger partial charge is 0.454 e. The van der Waals surface area contributed by atoms with Gasteiger partial charge in [0.25, 0.3) is 5.91 Å². The lowest BCUT2D eigenvalue weighted by Gasteiger charge is -2.29. The molecule has 1 aromatic rings. The summed E-state index contributed by atoms with van der Waals surface area (Å²) in [6.45, 7) is 7.73. The fourth-order valence-electron chi connectivity index (χ4n) is 2.69. The molecule has 0 saturated heterocycles. The first-order valence-corrected chi connectivity index (χ1v) is 8.75. The van der Waals surface area contributed by atoms with Crippen LogP contribution in [0.15, 0.2) is 43.0 Å². The highest BCUT2D eigenvalue weighted by atomic mass is 16.6. The molecule has 0 aliphatic heterocycles. The third-order valence-electron chi connectivity index (χ3n) is 4.45. The van der Waals surface area contributed by atoms with Gasteiger partial charge in [-0.15, -0.1) is 6.58 Å². The number of amides is 1. The molecule has 1 saturated carbocycles. The number of ether oxygens (including phenoxy) is 2. The van der Waals surface area contributed by atoms with Gasteiger partial charge >= 0.3 is 5.97 Å². The van der Waals surface area contributed by atoms with Crippen LogP contribution in [0, 0.1) is 5.92 Å². The maximum absolute atomic E-state index is 12.7. The van der Waals surface area contributed by atoms with E-state index in [0.717, 1.165) is 18.4 Å². The van der Waals surface area contributed by atoms with Crippen molar-refractivity contribution in [2.24, 2.45) is 5.92 Å². The minimum Gasteiger partial charge on any atom is -0.454 e. The van der Waals surface area contributed by atoms with Crippen LogP contribution in [0.3, 0.4) is 0 Å². The van der Waals surface area contributed by atoms with Gasteiger partial charge in [-0.05, 0) is 38.2 Å². The van der Waals surface area contributed by atoms with E-state index in [9.17, 15) is 9.59 Å². The van der Waals surface area contributed by atoms with E-state index < -0.39 is 12.1 Å². The van der Waals surface area contributed by atoms with Gasteiger partial charge in [0, 0.05) is 12.6 Å². The molecule has 0 bridgehead atoms. The number of esters is 1. The number of benzene rings is 1. The Morgan fingerprint density at radius 2 is 1.96 bits per heavy atom. The third-order valence-corrected chi connectivity index (χ3v) is 4.45. The Morgan fingerprint density at radius 3 is 2.56 bits per heavy atom. The van der Waals surface area contributed by atoms with Crippen LogP contribution < -0.4 is 0 Å². The van der Waals surface area contributed by atoms with E-state index >= 15 is 0 Å². The van der Waals surface area contributed by atoms with Crippen molar-refractivity contribution in [3.8, 4) is 0 Å². The topological polar surface area (TPSA) is 55.8 Å². The summed E-state index contributed by atoms with van der Waals surface area (Å²) in [4.78, 5) is 26.4. The van der Waals surface area contributed by atoms with Crippen molar-refractivity contribution in [3.05, 3.63) is 48.6 Å². The van der Waals surface area contributed by atoms with E-state index in [-0.39, 0.29) is 25.2 Å². The average molecular weight is 345 g/mol. The zero-order chi connectivity index (χ0) is 18.2. The summed E-state index contributed by atoms with van der Waals surface area (Å²) < 4.78 is 10.4. The summed E-state index contributed by atoms with van der Waals surface area (Å²) in [6, 6.07) is 10.00. The molecule has 2 unspecified atom stereocenters. The molecule has 0 aromatic heterocycles. The van der Waals surface area contributed by atoms with Gasteiger partial charge in [0.05, 0.1) is 6.61 Å². The van der Waals surface area contributed by atoms with Crippen molar-refractivity contribution in [1.82, 2.24) is 4.90 Å². The van der Waals surface area contributed by atoms with Crippen molar-refractivity contribution in [2.75, 3.05) is 13.2 Å². The Hall–Kier alpha value is -2.14. The molecule has 136 valence electrons. The number of hydrogen-bond acceptors (Lipinski definition) is 4. The molecule has 0 heterocycles. The molecule has 5 nitrogen and oxygen atoms in total. The predicted molar refractivity (Wildman–Crippen MR) is 95.7 cm³/mol. The van der Waals surface area contributed by atoms with Gasteiger partial charge in [-0.1, -0.05) is 36.4 Å². The summed E-state index contributed by atoms with van der Waals surface area (Å²) in [5.74, 6) is -0.167. The first-order valence-electron chi connectivity index (χ1n) is 8.75. The van der Waals surface area contributed by atoms with Crippen LogP contribution in [0.5, 0.6) is 0 Å². The molecule has 0 radical (unpaired) electrons. The number of hydrogen-bond donors (Lipinski definition) is 0. The van der Waals surface area contributed by atoms with Crippen LogP contribution in [0.25, 0.3) is 0 Å². The van der Waals surface area contributed by atoms with E-state index in [4.69, 9.17) is 9.47 Å². The molecule has 0 spiro atoms. The molecule has 1 amide bonds. The molecule has 2 rings (SSSR count). The van der Waals surface area contributed by atoms with Gasteiger partial charge in [-0.3, -0.25) is 4.79 Å². The summed E-state index contributed by atoms with van der Waals surface area (Å²) >= 11 is 0. The second kappa shape index (κ2) is 9.37. The lowest BCUT2D eigenvalue weighted by molar-refractivity contribution is -0.161. The number of nitrogens with zero attached hydrogens (tertiary/aromatic N) is 1. The molecule has 25 heavy (non-hydrogen) atoms. The van der Waals surface area contributed by atoms with Crippen LogP contribution in [0.4, 0.5) is 0 Å². The minimum absolute atomic E-state index is 0.140. The highest BCUT2D eigenvalue weighted by Gasteiger charge is 2.34. The Kier molecular flexibility index (Phi) is 7.19. The van der Waals surface area contributed by atoms with Crippen molar-refractivity contribution in [3.63, 3.8) is 0 Å². The van der Waals surface area contributed by atoms with E-state index in [1.165, 1.54) is 0 Å². The number of rotatable bonds is 10. The molecule has 2 atom stereocenters. The van der Waals surface area contributed by atoms with Crippen LogP contribution in [-0.4, -0.2) is 42.1 Å². The second-order valence-electron chi connectivity index (χ2n) is 6.46. The van der Waals surface area contributed by atoms with Crippen LogP contribution in [0.2, 0.25) is 0 Å². The molecule has 1 aliphatic carbocycles. The number of carbonyl (C=O) groups excluding carboxylic acids is 2. The summed E-state index contributed by atoms with van der Waals surface area (Å²) in [5.41, 5.74) is 1.07. The normalized spacial score (nSPS) is 15.9. The van der Waals surface area contributed by atoms with Gasteiger partial charge < -0.3 is 14.4 Å². The van der Waals surface area contributed by atoms with Crippen molar-refractivity contribution in [2.45, 2.75) is 45.4 Å². The van der Waals surface area contributed by atoms with Gasteiger partial charge in [-0.2, -0.15) is 0 Å². The predicted octanol–water partition coefficient (Wildman–Crippen LogP) is 2.95. The second-order valence-corrected chi connectivity index (χ2v) is 6.46. The van der Waals surface area contributed by atoms with Crippen LogP contribution in [-0.2, 0) is 25.6 Å². The smallest absolute Gasteiger partial charge is 0.335 e. The van der Waals surface area contributed by atoms with Gasteiger partial charge in [0.2, 0.25) is 0 Å². The third kappa shape index (κ3) is 6.02. The highest BCUT2D eigenvalue weighted by Crippen LogP contribution is 2.35. The van der Waals surface area contributed by atoms with Crippen molar-refractivity contribution < 1.29 is 19.1 Å². The number of carbonyl (C=O) groups is 2. The molecule has 1 aromatic carbocycles. The lowest BCUT2D eigenvalue weighted by atomic mass is 10.1. The lowest BCUT2D eigenvalue weighted by Crippen LogP contribution is -2.42. The Labute approximate surface area is 149 Å². The molecule has 0 N–H and O–H groups in total. The molecule has 1 fully saturated rings. The SMILES string of the molecule is C=CCOC(C)C(=O)OCC(=O)N(Cc1ccccc1)C(C)C1CC1. The standard InChI is InChI=1S/C20H27NO4/c1-4-12-24-16(3)20(23)25-14-19(22)21(15(2)18-10-11-18)13-17-8-6-5-7-9-17/h4-9,15-16,18H,1,10-14H2,2-3H3. The van der Waals surface area contributed by atoms with Gasteiger partial charge in [-0.25, -0.2) is 4.79 Å². The minimum atomic E-state index is -0.714. The summed E-state index contributed by atoms with van der Waals surface area (Å²) in [6.07, 6.45) is 3.14. The summed E-state index contributed by atoms with van der Waals surface area (Å²) in [5, 5.41) is 0. The maximum Gasteiger partial charge on any atom is 0.335 e. The Balaban J connectivity index is 1.93. The summed E-state index contributed by atoms with van der Waals surface area (Å²) in [7, 11) is 0. The molecular weight excluding hydrogens is 318 g/mol. The van der Waals surface area contributed by atoms with E-state index in [2.05, 4.69) is 13.5 Å². The first-order chi connectivity index (χ1) is 12.0. The van der Waals surface area contributed by atoms with Crippen molar-refractivity contribution >= 4 is 11.9 Å². The zero-order valence-electron chi connectivity index (χ0n) is 15.0. The van der Waals surface area contributed by atoms with Crippen molar-refractivity contribution in [1.29, 1.82) is 0 Å². The van der Waals surface area contributed by atoms with Gasteiger partial charge in [0.15, 0.2) is 12.7 Å². The average Bonchev–Trinajstić information content (AvgIpc) is 3.47. The first kappa shape index (κ1) is 19.2. The maximum atomic E-state index is 12.7. The monoisotopic (exact) mass is 345 g/mol. The Morgan fingerprint density at radius 1 is 1.28 bits per heavy atom. The van der Waals surface area contributed by atoms with Crippen LogP contribution in [0.1, 0.15) is 32.3 Å². The molecular formula is C20H27NO4. The van der Waals surface area contributed by atoms with E-state index in [0.29, 0.717) is 12.5 Å². The zero-order valence-corrected chi connectivity index (χ0v) is 15.0. The highest BCUT2D eigenvalue weighted by molar-refractivity contribution is 5.82. The van der Waals surface area contributed by atoms with Gasteiger partial charge in [0.1, 0.15) is 0 Å².